The molecule has 0 amide bonds. The summed E-state index contributed by atoms with van der Waals surface area (Å²) in [6.45, 7) is 0. The molecule has 0 saturated carbocycles. The highest BCUT2D eigenvalue weighted by atomic mass is 16.5. The number of aromatic nitrogens is 1. The van der Waals surface area contributed by atoms with E-state index in [0.717, 1.165) is 0 Å². The van der Waals surface area contributed by atoms with Crippen LogP contribution in [0, 0.1) is 0 Å². The molecular weight excluding hydrogens is 436 g/mol. The summed E-state index contributed by atoms with van der Waals surface area (Å²) in [5, 5.41) is 19.1. The number of phenolic OH excluding ortho intramolecular Hbond substituents is 2. The number of methoxy groups -OCH3 is 2. The number of anilines is 1. The second-order valence-corrected chi connectivity index (χ2v) is 6.89. The minimum absolute atomic E-state index is 0.00662. The molecule has 8 heteroatoms. The zero-order valence-corrected chi connectivity index (χ0v) is 18.8. The molecule has 1 aromatic heterocycles. The number of phenols is 2. The van der Waals surface area contributed by atoms with Crippen LogP contribution in [-0.4, -0.2) is 41.0 Å². The molecule has 0 saturated heterocycles. The molecule has 2 aromatic carbocycles. The number of hydrogen-bond donors (Lipinski definition) is 3. The van der Waals surface area contributed by atoms with Gasteiger partial charge in [0.25, 0.3) is 0 Å². The number of nitrogens with zero attached hydrogens (tertiary/aromatic N) is 1. The molecule has 176 valence electrons. The Labute approximate surface area is 197 Å². The Morgan fingerprint density at radius 1 is 0.853 bits per heavy atom. The van der Waals surface area contributed by atoms with Crippen LogP contribution in [-0.2, 0) is 9.59 Å². The van der Waals surface area contributed by atoms with Crippen LogP contribution >= 0.6 is 0 Å². The van der Waals surface area contributed by atoms with Gasteiger partial charge >= 0.3 is 0 Å². The minimum Gasteiger partial charge on any atom is -0.504 e. The molecule has 3 rings (SSSR count). The van der Waals surface area contributed by atoms with Gasteiger partial charge in [0.1, 0.15) is 5.82 Å². The zero-order valence-electron chi connectivity index (χ0n) is 18.8. The van der Waals surface area contributed by atoms with Crippen LogP contribution in [0.3, 0.4) is 0 Å². The summed E-state index contributed by atoms with van der Waals surface area (Å²) in [7, 11) is 2.87. The number of hydrogen-bond acceptors (Lipinski definition) is 8. The Balaban J connectivity index is 0.000000497. The highest BCUT2D eigenvalue weighted by Gasteiger charge is 2.06. The average Bonchev–Trinajstić information content (AvgIpc) is 2.84. The SMILES string of the molecule is COc1cc(/C=C/C(=O)CC(=O)/C=C/c2ccc(O)c(OC)c2)ccc1O.Nc1ccccn1. The Kier molecular flexibility index (Phi) is 9.87. The smallest absolute Gasteiger partial charge is 0.163 e. The number of allylic oxidation sites excluding steroid dienone is 2. The molecule has 0 aliphatic heterocycles. The van der Waals surface area contributed by atoms with Crippen LogP contribution in [0.5, 0.6) is 23.0 Å². The van der Waals surface area contributed by atoms with Crippen LogP contribution in [0.2, 0.25) is 0 Å². The van der Waals surface area contributed by atoms with Crippen molar-refractivity contribution >= 4 is 29.5 Å². The summed E-state index contributed by atoms with van der Waals surface area (Å²) in [6.07, 6.45) is 7.10. The van der Waals surface area contributed by atoms with Crippen LogP contribution in [0.25, 0.3) is 12.2 Å². The van der Waals surface area contributed by atoms with Gasteiger partial charge in [-0.05, 0) is 59.7 Å². The first-order valence-electron chi connectivity index (χ1n) is 10.1. The minimum atomic E-state index is -0.347. The van der Waals surface area contributed by atoms with Gasteiger partial charge in [-0.2, -0.15) is 0 Å². The number of aromatic hydroxyl groups is 2. The molecule has 0 radical (unpaired) electrons. The number of rotatable bonds is 8. The Morgan fingerprint density at radius 2 is 1.35 bits per heavy atom. The highest BCUT2D eigenvalue weighted by Crippen LogP contribution is 2.27. The first kappa shape index (κ1) is 25.7. The zero-order chi connectivity index (χ0) is 24.9. The lowest BCUT2D eigenvalue weighted by molar-refractivity contribution is -0.121. The Bertz CT molecular complexity index is 1100. The molecule has 0 bridgehead atoms. The number of pyridine rings is 1. The Hall–Kier alpha value is -4.59. The third-order valence-electron chi connectivity index (χ3n) is 4.37. The number of benzene rings is 2. The summed E-state index contributed by atoms with van der Waals surface area (Å²) in [5.74, 6) is 0.489. The molecule has 0 unspecified atom stereocenters. The largest absolute Gasteiger partial charge is 0.504 e. The number of nitrogens with two attached hydrogens (primary N) is 1. The molecule has 0 fully saturated rings. The number of ketones is 2. The van der Waals surface area contributed by atoms with Crippen LogP contribution < -0.4 is 15.2 Å². The molecule has 0 aliphatic rings. The van der Waals surface area contributed by atoms with E-state index in [9.17, 15) is 19.8 Å². The maximum absolute atomic E-state index is 11.9. The van der Waals surface area contributed by atoms with Crippen LogP contribution in [0.1, 0.15) is 17.5 Å². The fourth-order valence-corrected chi connectivity index (χ4v) is 2.64. The van der Waals surface area contributed by atoms with Crippen molar-refractivity contribution in [2.75, 3.05) is 20.0 Å². The van der Waals surface area contributed by atoms with Gasteiger partial charge in [-0.15, -0.1) is 0 Å². The average molecular weight is 463 g/mol. The molecule has 3 aromatic rings. The van der Waals surface area contributed by atoms with Crippen molar-refractivity contribution in [2.45, 2.75) is 6.42 Å². The van der Waals surface area contributed by atoms with Crippen molar-refractivity contribution in [1.82, 2.24) is 4.98 Å². The summed E-state index contributed by atoms with van der Waals surface area (Å²) in [6, 6.07) is 14.8. The standard InChI is InChI=1S/C21H20O6.C5H6N2/c1-26-20-11-14(5-9-18(20)24)3-7-16(22)13-17(23)8-4-15-6-10-19(25)21(12-15)27-2;6-5-3-1-2-4-7-5/h3-12,24-25H,13H2,1-2H3;1-4H,(H2,6,7)/b7-3+,8-4+;. The van der Waals surface area contributed by atoms with Gasteiger partial charge in [-0.25, -0.2) is 4.98 Å². The first-order valence-corrected chi connectivity index (χ1v) is 10.1. The third-order valence-corrected chi connectivity index (χ3v) is 4.37. The predicted molar refractivity (Wildman–Crippen MR) is 131 cm³/mol. The predicted octanol–water partition coefficient (Wildman–Crippen LogP) is 4.03. The molecule has 0 aliphatic carbocycles. The lowest BCUT2D eigenvalue weighted by atomic mass is 10.1. The van der Waals surface area contributed by atoms with E-state index >= 15 is 0 Å². The topological polar surface area (TPSA) is 132 Å². The summed E-state index contributed by atoms with van der Waals surface area (Å²) >= 11 is 0. The maximum atomic E-state index is 11.9. The normalized spacial score (nSPS) is 10.5. The van der Waals surface area contributed by atoms with E-state index in [2.05, 4.69) is 4.98 Å². The summed E-state index contributed by atoms with van der Waals surface area (Å²) < 4.78 is 10.00. The van der Waals surface area contributed by atoms with Crippen LogP contribution in [0.4, 0.5) is 5.82 Å². The molecule has 1 heterocycles. The molecule has 34 heavy (non-hydrogen) atoms. The van der Waals surface area contributed by atoms with Gasteiger partial charge < -0.3 is 25.4 Å². The maximum Gasteiger partial charge on any atom is 0.163 e. The fourth-order valence-electron chi connectivity index (χ4n) is 2.64. The molecular formula is C26H26N2O6. The van der Waals surface area contributed by atoms with E-state index in [-0.39, 0.29) is 29.5 Å². The fraction of sp³-hybridized carbons (Fsp3) is 0.115. The number of carbonyl (C=O) groups is 2. The van der Waals surface area contributed by atoms with Crippen molar-refractivity contribution < 1.29 is 29.3 Å². The van der Waals surface area contributed by atoms with Crippen molar-refractivity contribution in [3.05, 3.63) is 84.1 Å². The van der Waals surface area contributed by atoms with E-state index < -0.39 is 0 Å². The van der Waals surface area contributed by atoms with E-state index in [4.69, 9.17) is 15.2 Å². The monoisotopic (exact) mass is 462 g/mol. The quantitative estimate of drug-likeness (QED) is 0.338. The van der Waals surface area contributed by atoms with E-state index in [1.165, 1.54) is 38.5 Å². The van der Waals surface area contributed by atoms with Crippen molar-refractivity contribution in [3.8, 4) is 23.0 Å². The molecule has 0 atom stereocenters. The second kappa shape index (κ2) is 13.1. The molecule has 8 nitrogen and oxygen atoms in total. The summed E-state index contributed by atoms with van der Waals surface area (Å²) in [4.78, 5) is 27.6. The lowest BCUT2D eigenvalue weighted by Crippen LogP contribution is -2.01. The first-order chi connectivity index (χ1) is 16.3. The van der Waals surface area contributed by atoms with Crippen molar-refractivity contribution in [3.63, 3.8) is 0 Å². The molecule has 4 N–H and O–H groups in total. The number of ether oxygens (including phenoxy) is 2. The molecule has 0 spiro atoms. The van der Waals surface area contributed by atoms with Crippen molar-refractivity contribution in [2.24, 2.45) is 0 Å². The van der Waals surface area contributed by atoms with E-state index in [1.807, 2.05) is 12.1 Å². The van der Waals surface area contributed by atoms with E-state index in [0.29, 0.717) is 28.4 Å². The summed E-state index contributed by atoms with van der Waals surface area (Å²) in [5.41, 5.74) is 6.57. The van der Waals surface area contributed by atoms with E-state index in [1.54, 1.807) is 48.7 Å². The number of carbonyl (C=O) groups excluding carboxylic acids is 2. The van der Waals surface area contributed by atoms with Gasteiger partial charge in [0, 0.05) is 6.20 Å². The third kappa shape index (κ3) is 8.51. The second-order valence-electron chi connectivity index (χ2n) is 6.89. The van der Waals surface area contributed by atoms with Gasteiger partial charge in [0.15, 0.2) is 34.6 Å². The Morgan fingerprint density at radius 3 is 1.71 bits per heavy atom. The number of nitrogen functional groups attached to an aromatic ring is 1. The lowest BCUT2D eigenvalue weighted by Gasteiger charge is -2.03. The van der Waals surface area contributed by atoms with Crippen molar-refractivity contribution in [1.29, 1.82) is 0 Å². The van der Waals surface area contributed by atoms with Gasteiger partial charge in [0.05, 0.1) is 20.6 Å². The van der Waals surface area contributed by atoms with Crippen LogP contribution in [0.15, 0.2) is 72.9 Å². The van der Waals surface area contributed by atoms with Gasteiger partial charge in [-0.1, -0.05) is 30.4 Å². The highest BCUT2D eigenvalue weighted by molar-refractivity contribution is 6.10. The van der Waals surface area contributed by atoms with Gasteiger partial charge in [-0.3, -0.25) is 9.59 Å². The van der Waals surface area contributed by atoms with Gasteiger partial charge in [0.2, 0.25) is 0 Å².